The molecule has 0 bridgehead atoms. The molecule has 0 saturated carbocycles. The summed E-state index contributed by atoms with van der Waals surface area (Å²) < 4.78 is 34.6. The molecule has 0 heterocycles. The lowest BCUT2D eigenvalue weighted by atomic mass is 10.3. The van der Waals surface area contributed by atoms with Crippen LogP contribution in [0.2, 0.25) is 0 Å². The zero-order valence-electron chi connectivity index (χ0n) is 6.40. The molecule has 0 aliphatic carbocycles. The van der Waals surface area contributed by atoms with Gasteiger partial charge in [-0.15, -0.1) is 6.42 Å². The molecule has 0 aliphatic heterocycles. The lowest BCUT2D eigenvalue weighted by Gasteiger charge is -2.09. The van der Waals surface area contributed by atoms with E-state index in [1.54, 1.807) is 0 Å². The SMILES string of the molecule is C#CC(C)NC(=O)CC(F)(F)F. The van der Waals surface area contributed by atoms with Crippen molar-refractivity contribution < 1.29 is 18.0 Å². The maximum Gasteiger partial charge on any atom is 0.397 e. The van der Waals surface area contributed by atoms with E-state index in [1.807, 2.05) is 5.32 Å². The lowest BCUT2D eigenvalue weighted by molar-refractivity contribution is -0.153. The molecular formula is C7H8F3NO. The Bertz CT molecular complexity index is 204. The van der Waals surface area contributed by atoms with Crippen molar-refractivity contribution in [3.8, 4) is 12.3 Å². The van der Waals surface area contributed by atoms with E-state index in [0.717, 1.165) is 0 Å². The third-order valence-corrected chi connectivity index (χ3v) is 0.988. The molecule has 0 saturated heterocycles. The molecule has 2 nitrogen and oxygen atoms in total. The summed E-state index contributed by atoms with van der Waals surface area (Å²) in [5.74, 6) is 0.979. The Hall–Kier alpha value is -1.18. The molecule has 68 valence electrons. The van der Waals surface area contributed by atoms with Crippen LogP contribution >= 0.6 is 0 Å². The van der Waals surface area contributed by atoms with Crippen LogP contribution in [0, 0.1) is 12.3 Å². The summed E-state index contributed by atoms with van der Waals surface area (Å²) in [6.07, 6.45) is -1.12. The molecule has 0 aliphatic rings. The molecule has 1 atom stereocenters. The predicted molar refractivity (Wildman–Crippen MR) is 37.1 cm³/mol. The first kappa shape index (κ1) is 10.8. The van der Waals surface area contributed by atoms with Crippen molar-refractivity contribution in [2.75, 3.05) is 0 Å². The maximum atomic E-state index is 11.5. The number of hydrogen-bond acceptors (Lipinski definition) is 1. The summed E-state index contributed by atoms with van der Waals surface area (Å²) >= 11 is 0. The van der Waals surface area contributed by atoms with Gasteiger partial charge in [0.25, 0.3) is 0 Å². The molecule has 1 N–H and O–H groups in total. The highest BCUT2D eigenvalue weighted by Crippen LogP contribution is 2.18. The number of terminal acetylenes is 1. The van der Waals surface area contributed by atoms with Gasteiger partial charge in [0.05, 0.1) is 6.04 Å². The molecule has 0 fully saturated rings. The Balaban J connectivity index is 3.85. The fourth-order valence-corrected chi connectivity index (χ4v) is 0.516. The van der Waals surface area contributed by atoms with E-state index >= 15 is 0 Å². The van der Waals surface area contributed by atoms with Gasteiger partial charge in [0.15, 0.2) is 0 Å². The molecule has 0 spiro atoms. The van der Waals surface area contributed by atoms with Gasteiger partial charge < -0.3 is 5.32 Å². The van der Waals surface area contributed by atoms with Crippen LogP contribution < -0.4 is 5.32 Å². The van der Waals surface area contributed by atoms with Crippen LogP contribution in [0.1, 0.15) is 13.3 Å². The fourth-order valence-electron chi connectivity index (χ4n) is 0.516. The van der Waals surface area contributed by atoms with E-state index in [-0.39, 0.29) is 0 Å². The first-order valence-corrected chi connectivity index (χ1v) is 3.17. The van der Waals surface area contributed by atoms with Crippen molar-refractivity contribution in [3.63, 3.8) is 0 Å². The molecule has 1 amide bonds. The van der Waals surface area contributed by atoms with Gasteiger partial charge in [-0.05, 0) is 6.92 Å². The van der Waals surface area contributed by atoms with Crippen molar-refractivity contribution in [1.29, 1.82) is 0 Å². The summed E-state index contributed by atoms with van der Waals surface area (Å²) in [5, 5.41) is 1.99. The monoisotopic (exact) mass is 179 g/mol. The van der Waals surface area contributed by atoms with E-state index in [4.69, 9.17) is 6.42 Å². The van der Waals surface area contributed by atoms with Crippen molar-refractivity contribution in [2.45, 2.75) is 25.6 Å². The summed E-state index contributed by atoms with van der Waals surface area (Å²) in [7, 11) is 0. The average molecular weight is 179 g/mol. The minimum atomic E-state index is -4.47. The second-order valence-corrected chi connectivity index (χ2v) is 2.25. The quantitative estimate of drug-likeness (QED) is 0.631. The first-order chi connectivity index (χ1) is 5.35. The average Bonchev–Trinajstić information content (AvgIpc) is 1.82. The molecule has 0 radical (unpaired) electrons. The maximum absolute atomic E-state index is 11.5. The van der Waals surface area contributed by atoms with Crippen LogP contribution in [0.25, 0.3) is 0 Å². The largest absolute Gasteiger partial charge is 0.397 e. The Kier molecular flexibility index (Phi) is 3.61. The molecule has 0 aromatic heterocycles. The van der Waals surface area contributed by atoms with Gasteiger partial charge in [0, 0.05) is 0 Å². The van der Waals surface area contributed by atoms with Gasteiger partial charge in [-0.1, -0.05) is 5.92 Å². The number of alkyl halides is 3. The Morgan fingerprint density at radius 2 is 2.17 bits per heavy atom. The standard InChI is InChI=1S/C7H8F3NO/c1-3-5(2)11-6(12)4-7(8,9)10/h1,5H,4H2,2H3,(H,11,12). The van der Waals surface area contributed by atoms with Gasteiger partial charge in [-0.3, -0.25) is 4.79 Å². The third kappa shape index (κ3) is 5.59. The third-order valence-electron chi connectivity index (χ3n) is 0.988. The van der Waals surface area contributed by atoms with Crippen LogP contribution in [-0.2, 0) is 4.79 Å². The Morgan fingerprint density at radius 1 is 1.67 bits per heavy atom. The minimum absolute atomic E-state index is 0.667. The summed E-state index contributed by atoms with van der Waals surface area (Å²) in [6.45, 7) is 1.42. The predicted octanol–water partition coefficient (Wildman–Crippen LogP) is 1.08. The number of hydrogen-bond donors (Lipinski definition) is 1. The van der Waals surface area contributed by atoms with Crippen LogP contribution in [0.15, 0.2) is 0 Å². The number of halogens is 3. The van der Waals surface area contributed by atoms with Crippen molar-refractivity contribution >= 4 is 5.91 Å². The smallest absolute Gasteiger partial charge is 0.342 e. The summed E-state index contributed by atoms with van der Waals surface area (Å²) in [4.78, 5) is 10.5. The lowest BCUT2D eigenvalue weighted by Crippen LogP contribution is -2.34. The topological polar surface area (TPSA) is 29.1 Å². The molecule has 0 aromatic rings. The second-order valence-electron chi connectivity index (χ2n) is 2.25. The number of nitrogens with one attached hydrogen (secondary N) is 1. The molecule has 5 heteroatoms. The number of carbonyl (C=O) groups is 1. The number of carbonyl (C=O) groups excluding carboxylic acids is 1. The highest BCUT2D eigenvalue weighted by Gasteiger charge is 2.31. The summed E-state index contributed by atoms with van der Waals surface area (Å²) in [5.41, 5.74) is 0. The van der Waals surface area contributed by atoms with E-state index in [0.29, 0.717) is 0 Å². The van der Waals surface area contributed by atoms with Gasteiger partial charge in [0.2, 0.25) is 5.91 Å². The molecule has 1 unspecified atom stereocenters. The van der Waals surface area contributed by atoms with E-state index in [9.17, 15) is 18.0 Å². The summed E-state index contributed by atoms with van der Waals surface area (Å²) in [6, 6.07) is -0.667. The molecular weight excluding hydrogens is 171 g/mol. The highest BCUT2D eigenvalue weighted by molar-refractivity contribution is 5.77. The van der Waals surface area contributed by atoms with Gasteiger partial charge in [-0.2, -0.15) is 13.2 Å². The van der Waals surface area contributed by atoms with E-state index in [2.05, 4.69) is 5.92 Å². The second kappa shape index (κ2) is 4.00. The van der Waals surface area contributed by atoms with Gasteiger partial charge >= 0.3 is 6.18 Å². The number of rotatable bonds is 2. The zero-order chi connectivity index (χ0) is 9.78. The molecule has 12 heavy (non-hydrogen) atoms. The van der Waals surface area contributed by atoms with Crippen molar-refractivity contribution in [1.82, 2.24) is 5.32 Å². The Morgan fingerprint density at radius 3 is 2.50 bits per heavy atom. The zero-order valence-corrected chi connectivity index (χ0v) is 6.40. The first-order valence-electron chi connectivity index (χ1n) is 3.17. The van der Waals surface area contributed by atoms with Crippen LogP contribution in [0.3, 0.4) is 0 Å². The van der Waals surface area contributed by atoms with Gasteiger partial charge in [0.1, 0.15) is 6.42 Å². The van der Waals surface area contributed by atoms with Gasteiger partial charge in [-0.25, -0.2) is 0 Å². The fraction of sp³-hybridized carbons (Fsp3) is 0.571. The molecule has 0 rings (SSSR count). The molecule has 0 aromatic carbocycles. The van der Waals surface area contributed by atoms with Crippen LogP contribution in [0.5, 0.6) is 0 Å². The van der Waals surface area contributed by atoms with E-state index in [1.165, 1.54) is 6.92 Å². The minimum Gasteiger partial charge on any atom is -0.342 e. The van der Waals surface area contributed by atoms with Crippen LogP contribution in [0.4, 0.5) is 13.2 Å². The highest BCUT2D eigenvalue weighted by atomic mass is 19.4. The Labute approximate surface area is 68.1 Å². The number of amides is 1. The van der Waals surface area contributed by atoms with E-state index < -0.39 is 24.5 Å². The van der Waals surface area contributed by atoms with Crippen LogP contribution in [-0.4, -0.2) is 18.1 Å². The normalized spacial score (nSPS) is 13.2. The van der Waals surface area contributed by atoms with Crippen molar-refractivity contribution in [3.05, 3.63) is 0 Å². The van der Waals surface area contributed by atoms with Crippen molar-refractivity contribution in [2.24, 2.45) is 0 Å².